The number of nitrogens with zero attached hydrogens (tertiary/aromatic N) is 2. The predicted molar refractivity (Wildman–Crippen MR) is 108 cm³/mol. The monoisotopic (exact) mass is 387 g/mol. The number of rotatable bonds is 6. The van der Waals surface area contributed by atoms with E-state index in [0.29, 0.717) is 22.8 Å². The molecule has 0 unspecified atom stereocenters. The number of aromatic nitrogens is 1. The first-order valence-corrected chi connectivity index (χ1v) is 8.60. The highest BCUT2D eigenvalue weighted by atomic mass is 16.5. The largest absolute Gasteiger partial charge is 0.497 e. The van der Waals surface area contributed by atoms with E-state index in [1.807, 2.05) is 6.07 Å². The SMILES string of the molecule is COc1cccc(NC(=O)/C(C#N)=C/c2cccn2-c2cccc(C(=O)O)c2)c1. The number of nitriles is 1. The molecule has 3 aromatic rings. The number of carbonyl (C=O) groups is 2. The van der Waals surface area contributed by atoms with Crippen LogP contribution in [0, 0.1) is 11.3 Å². The van der Waals surface area contributed by atoms with Gasteiger partial charge in [0.15, 0.2) is 0 Å². The Bertz CT molecular complexity index is 1140. The second-order valence-corrected chi connectivity index (χ2v) is 6.01. The average molecular weight is 387 g/mol. The number of carboxylic acid groups (broad SMARTS) is 1. The molecule has 0 spiro atoms. The van der Waals surface area contributed by atoms with Crippen LogP contribution in [0.25, 0.3) is 11.8 Å². The molecule has 144 valence electrons. The van der Waals surface area contributed by atoms with Crippen LogP contribution in [0.3, 0.4) is 0 Å². The van der Waals surface area contributed by atoms with Gasteiger partial charge in [0.05, 0.1) is 12.7 Å². The molecule has 0 bridgehead atoms. The van der Waals surface area contributed by atoms with Crippen molar-refractivity contribution < 1.29 is 19.4 Å². The highest BCUT2D eigenvalue weighted by molar-refractivity contribution is 6.09. The fraction of sp³-hybridized carbons (Fsp3) is 0.0455. The Morgan fingerprint density at radius 3 is 2.66 bits per heavy atom. The van der Waals surface area contributed by atoms with Gasteiger partial charge in [0.2, 0.25) is 0 Å². The van der Waals surface area contributed by atoms with Gasteiger partial charge < -0.3 is 19.7 Å². The van der Waals surface area contributed by atoms with E-state index >= 15 is 0 Å². The number of hydrogen-bond acceptors (Lipinski definition) is 4. The van der Waals surface area contributed by atoms with Crippen LogP contribution >= 0.6 is 0 Å². The molecule has 1 heterocycles. The highest BCUT2D eigenvalue weighted by Crippen LogP contribution is 2.20. The molecule has 0 aliphatic heterocycles. The second-order valence-electron chi connectivity index (χ2n) is 6.01. The number of aromatic carboxylic acids is 1. The van der Waals surface area contributed by atoms with Crippen LogP contribution in [0.4, 0.5) is 5.69 Å². The van der Waals surface area contributed by atoms with Crippen LogP contribution in [0.5, 0.6) is 5.75 Å². The third-order valence-corrected chi connectivity index (χ3v) is 4.14. The molecule has 1 amide bonds. The van der Waals surface area contributed by atoms with E-state index in [0.717, 1.165) is 0 Å². The van der Waals surface area contributed by atoms with Crippen LogP contribution in [0.1, 0.15) is 16.1 Å². The van der Waals surface area contributed by atoms with E-state index in [-0.39, 0.29) is 11.1 Å². The number of amides is 1. The van der Waals surface area contributed by atoms with Crippen LogP contribution in [-0.2, 0) is 4.79 Å². The average Bonchev–Trinajstić information content (AvgIpc) is 3.20. The van der Waals surface area contributed by atoms with E-state index in [1.54, 1.807) is 59.3 Å². The van der Waals surface area contributed by atoms with Crippen molar-refractivity contribution in [2.75, 3.05) is 12.4 Å². The number of hydrogen-bond donors (Lipinski definition) is 2. The quantitative estimate of drug-likeness (QED) is 0.495. The van der Waals surface area contributed by atoms with Crippen molar-refractivity contribution in [1.29, 1.82) is 5.26 Å². The van der Waals surface area contributed by atoms with E-state index in [2.05, 4.69) is 5.32 Å². The van der Waals surface area contributed by atoms with Crippen LogP contribution in [-0.4, -0.2) is 28.7 Å². The number of benzene rings is 2. The Kier molecular flexibility index (Phi) is 5.76. The topological polar surface area (TPSA) is 104 Å². The van der Waals surface area contributed by atoms with Crippen molar-refractivity contribution in [3.05, 3.63) is 83.7 Å². The van der Waals surface area contributed by atoms with Crippen molar-refractivity contribution in [3.63, 3.8) is 0 Å². The second kappa shape index (κ2) is 8.59. The number of anilines is 1. The summed E-state index contributed by atoms with van der Waals surface area (Å²) in [4.78, 5) is 23.7. The third-order valence-electron chi connectivity index (χ3n) is 4.14. The van der Waals surface area contributed by atoms with Gasteiger partial charge in [-0.05, 0) is 48.5 Å². The molecule has 1 aromatic heterocycles. The zero-order chi connectivity index (χ0) is 20.8. The molecular formula is C22H17N3O4. The molecule has 0 radical (unpaired) electrons. The minimum Gasteiger partial charge on any atom is -0.497 e. The van der Waals surface area contributed by atoms with Gasteiger partial charge in [-0.1, -0.05) is 12.1 Å². The van der Waals surface area contributed by atoms with E-state index in [4.69, 9.17) is 4.74 Å². The van der Waals surface area contributed by atoms with Gasteiger partial charge >= 0.3 is 5.97 Å². The van der Waals surface area contributed by atoms with Crippen molar-refractivity contribution in [3.8, 4) is 17.5 Å². The molecule has 0 atom stereocenters. The molecule has 0 aliphatic carbocycles. The van der Waals surface area contributed by atoms with E-state index < -0.39 is 11.9 Å². The number of carboxylic acids is 1. The van der Waals surface area contributed by atoms with Crippen molar-refractivity contribution >= 4 is 23.6 Å². The lowest BCUT2D eigenvalue weighted by atomic mass is 10.2. The Balaban J connectivity index is 1.90. The number of methoxy groups -OCH3 is 1. The zero-order valence-corrected chi connectivity index (χ0v) is 15.5. The van der Waals surface area contributed by atoms with Gasteiger partial charge in [-0.2, -0.15) is 5.26 Å². The van der Waals surface area contributed by atoms with E-state index in [1.165, 1.54) is 25.3 Å². The lowest BCUT2D eigenvalue weighted by Gasteiger charge is -2.09. The Labute approximate surface area is 167 Å². The Hall–Kier alpha value is -4.31. The van der Waals surface area contributed by atoms with Gasteiger partial charge in [0.1, 0.15) is 17.4 Å². The van der Waals surface area contributed by atoms with Crippen LogP contribution in [0.2, 0.25) is 0 Å². The van der Waals surface area contributed by atoms with Crippen LogP contribution < -0.4 is 10.1 Å². The molecule has 0 fully saturated rings. The van der Waals surface area contributed by atoms with E-state index in [9.17, 15) is 20.0 Å². The summed E-state index contributed by atoms with van der Waals surface area (Å²) >= 11 is 0. The number of ether oxygens (including phenoxy) is 1. The summed E-state index contributed by atoms with van der Waals surface area (Å²) in [5.41, 5.74) is 1.71. The summed E-state index contributed by atoms with van der Waals surface area (Å²) in [7, 11) is 1.52. The smallest absolute Gasteiger partial charge is 0.335 e. The number of nitrogens with one attached hydrogen (secondary N) is 1. The highest BCUT2D eigenvalue weighted by Gasteiger charge is 2.12. The molecule has 0 saturated carbocycles. The lowest BCUT2D eigenvalue weighted by molar-refractivity contribution is -0.112. The first-order chi connectivity index (χ1) is 14.0. The molecule has 3 rings (SSSR count). The molecular weight excluding hydrogens is 370 g/mol. The standard InChI is InChI=1S/C22H17N3O4/c1-29-20-9-3-6-17(13-20)24-21(26)16(14-23)12-19-8-4-10-25(19)18-7-2-5-15(11-18)22(27)28/h2-13H,1H3,(H,24,26)(H,27,28)/b16-12+. The first kappa shape index (κ1) is 19.5. The molecule has 2 aromatic carbocycles. The normalized spacial score (nSPS) is 10.8. The number of carbonyl (C=O) groups excluding carboxylic acids is 1. The maximum Gasteiger partial charge on any atom is 0.335 e. The lowest BCUT2D eigenvalue weighted by Crippen LogP contribution is -2.13. The molecule has 29 heavy (non-hydrogen) atoms. The summed E-state index contributed by atoms with van der Waals surface area (Å²) in [5.74, 6) is -1.02. The third kappa shape index (κ3) is 4.51. The van der Waals surface area contributed by atoms with Crippen LogP contribution in [0.15, 0.2) is 72.4 Å². The minimum atomic E-state index is -1.04. The molecule has 2 N–H and O–H groups in total. The summed E-state index contributed by atoms with van der Waals surface area (Å²) in [6, 6.07) is 18.6. The van der Waals surface area contributed by atoms with Gasteiger partial charge in [-0.3, -0.25) is 4.79 Å². The maximum absolute atomic E-state index is 12.5. The Morgan fingerprint density at radius 2 is 1.93 bits per heavy atom. The summed E-state index contributed by atoms with van der Waals surface area (Å²) in [6.07, 6.45) is 3.17. The van der Waals surface area contributed by atoms with Crippen molar-refractivity contribution in [1.82, 2.24) is 4.57 Å². The molecule has 0 saturated heterocycles. The molecule has 7 nitrogen and oxygen atoms in total. The fourth-order valence-electron chi connectivity index (χ4n) is 2.73. The summed E-state index contributed by atoms with van der Waals surface area (Å²) < 4.78 is 6.82. The summed E-state index contributed by atoms with van der Waals surface area (Å²) in [5, 5.41) is 21.3. The molecule has 7 heteroatoms. The fourth-order valence-corrected chi connectivity index (χ4v) is 2.73. The molecule has 0 aliphatic rings. The van der Waals surface area contributed by atoms with Gasteiger partial charge in [0.25, 0.3) is 5.91 Å². The van der Waals surface area contributed by atoms with Gasteiger partial charge in [-0.25, -0.2) is 4.79 Å². The first-order valence-electron chi connectivity index (χ1n) is 8.60. The van der Waals surface area contributed by atoms with Gasteiger partial charge in [0, 0.05) is 29.3 Å². The van der Waals surface area contributed by atoms with Gasteiger partial charge in [-0.15, -0.1) is 0 Å². The summed E-state index contributed by atoms with van der Waals surface area (Å²) in [6.45, 7) is 0. The maximum atomic E-state index is 12.5. The predicted octanol–water partition coefficient (Wildman–Crippen LogP) is 3.73. The Morgan fingerprint density at radius 1 is 1.14 bits per heavy atom. The van der Waals surface area contributed by atoms with Crippen molar-refractivity contribution in [2.24, 2.45) is 0 Å². The zero-order valence-electron chi connectivity index (χ0n) is 15.5. The minimum absolute atomic E-state index is 0.0952. The van der Waals surface area contributed by atoms with Crippen molar-refractivity contribution in [2.45, 2.75) is 0 Å².